The van der Waals surface area contributed by atoms with Gasteiger partial charge in [0.25, 0.3) is 0 Å². The molecule has 3 aliphatic rings. The van der Waals surface area contributed by atoms with E-state index < -0.39 is 0 Å². The maximum absolute atomic E-state index is 6.20. The van der Waals surface area contributed by atoms with E-state index in [1.54, 1.807) is 0 Å². The third kappa shape index (κ3) is 2.42. The smallest absolute Gasteiger partial charge is 0.229 e. The molecule has 0 radical (unpaired) electrons. The molecule has 0 aromatic carbocycles. The van der Waals surface area contributed by atoms with Crippen LogP contribution >= 0.6 is 0 Å². The number of hydrogen-bond donors (Lipinski definition) is 0. The van der Waals surface area contributed by atoms with Crippen LogP contribution in [0.2, 0.25) is 0 Å². The maximum atomic E-state index is 6.20. The lowest BCUT2D eigenvalue weighted by atomic mass is 9.78. The standard InChI is InChI=1S/C16H22N2O3/c1-2-13-12(5-9-19-13)15-17-14(21-18-15)10-11-4-8-16(20-11)6-3-7-16/h2,11-13H,1,3-10H2/t11?,12-,13+/m1/s1. The third-order valence-electron chi connectivity index (χ3n) is 5.19. The molecule has 0 bridgehead atoms. The zero-order chi connectivity index (χ0) is 14.3. The summed E-state index contributed by atoms with van der Waals surface area (Å²) in [6.45, 7) is 4.54. The fraction of sp³-hybridized carbons (Fsp3) is 0.750. The Morgan fingerprint density at radius 3 is 2.90 bits per heavy atom. The third-order valence-corrected chi connectivity index (χ3v) is 5.19. The van der Waals surface area contributed by atoms with Crippen molar-refractivity contribution in [3.05, 3.63) is 24.4 Å². The van der Waals surface area contributed by atoms with Gasteiger partial charge in [0.2, 0.25) is 5.89 Å². The highest BCUT2D eigenvalue weighted by molar-refractivity contribution is 5.07. The monoisotopic (exact) mass is 290 g/mol. The highest BCUT2D eigenvalue weighted by Gasteiger charge is 2.45. The van der Waals surface area contributed by atoms with Crippen molar-refractivity contribution in [3.63, 3.8) is 0 Å². The van der Waals surface area contributed by atoms with Crippen LogP contribution in [-0.2, 0) is 15.9 Å². The van der Waals surface area contributed by atoms with E-state index in [4.69, 9.17) is 14.0 Å². The second-order valence-corrected chi connectivity index (χ2v) is 6.53. The second kappa shape index (κ2) is 5.21. The molecule has 2 saturated heterocycles. The van der Waals surface area contributed by atoms with E-state index in [1.807, 2.05) is 6.08 Å². The Morgan fingerprint density at radius 2 is 2.19 bits per heavy atom. The zero-order valence-corrected chi connectivity index (χ0v) is 12.3. The van der Waals surface area contributed by atoms with Crippen LogP contribution in [0.4, 0.5) is 0 Å². The van der Waals surface area contributed by atoms with Gasteiger partial charge in [0, 0.05) is 6.61 Å². The minimum Gasteiger partial charge on any atom is -0.373 e. The van der Waals surface area contributed by atoms with E-state index in [1.165, 1.54) is 25.7 Å². The van der Waals surface area contributed by atoms with Gasteiger partial charge in [-0.05, 0) is 38.5 Å². The van der Waals surface area contributed by atoms with E-state index in [2.05, 4.69) is 16.7 Å². The molecule has 0 amide bonds. The largest absolute Gasteiger partial charge is 0.373 e. The number of aromatic nitrogens is 2. The molecule has 1 aromatic rings. The van der Waals surface area contributed by atoms with Gasteiger partial charge in [-0.2, -0.15) is 4.98 Å². The first kappa shape index (κ1) is 13.5. The van der Waals surface area contributed by atoms with Crippen LogP contribution in [0.1, 0.15) is 56.2 Å². The van der Waals surface area contributed by atoms with Crippen LogP contribution < -0.4 is 0 Å². The Labute approximate surface area is 124 Å². The Morgan fingerprint density at radius 1 is 1.29 bits per heavy atom. The summed E-state index contributed by atoms with van der Waals surface area (Å²) >= 11 is 0. The fourth-order valence-electron chi connectivity index (χ4n) is 3.79. The highest BCUT2D eigenvalue weighted by atomic mass is 16.5. The molecule has 1 aliphatic carbocycles. The lowest BCUT2D eigenvalue weighted by Gasteiger charge is -2.37. The summed E-state index contributed by atoms with van der Waals surface area (Å²) in [4.78, 5) is 4.56. The van der Waals surface area contributed by atoms with Gasteiger partial charge in [0.15, 0.2) is 5.82 Å². The first-order valence-corrected chi connectivity index (χ1v) is 8.02. The zero-order valence-electron chi connectivity index (χ0n) is 12.3. The molecule has 3 atom stereocenters. The molecule has 1 unspecified atom stereocenters. The van der Waals surface area contributed by atoms with Gasteiger partial charge >= 0.3 is 0 Å². The molecule has 5 nitrogen and oxygen atoms in total. The van der Waals surface area contributed by atoms with E-state index in [9.17, 15) is 0 Å². The Kier molecular flexibility index (Phi) is 3.34. The van der Waals surface area contributed by atoms with Crippen molar-refractivity contribution in [2.75, 3.05) is 6.61 Å². The summed E-state index contributed by atoms with van der Waals surface area (Å²) in [5, 5.41) is 4.14. The molecule has 2 aliphatic heterocycles. The van der Waals surface area contributed by atoms with Crippen molar-refractivity contribution in [2.45, 2.75) is 68.7 Å². The number of ether oxygens (including phenoxy) is 2. The van der Waals surface area contributed by atoms with Gasteiger partial charge in [0.05, 0.1) is 30.1 Å². The average molecular weight is 290 g/mol. The van der Waals surface area contributed by atoms with Crippen LogP contribution in [0.3, 0.4) is 0 Å². The SMILES string of the molecule is C=C[C@@H]1OCC[C@H]1c1noc(CC2CCC3(CCC3)O2)n1. The molecule has 3 fully saturated rings. The summed E-state index contributed by atoms with van der Waals surface area (Å²) in [5.74, 6) is 1.63. The van der Waals surface area contributed by atoms with Crippen LogP contribution in [0.5, 0.6) is 0 Å². The molecule has 5 heteroatoms. The van der Waals surface area contributed by atoms with E-state index in [0.717, 1.165) is 31.7 Å². The normalized spacial score (nSPS) is 34.2. The molecular weight excluding hydrogens is 268 g/mol. The van der Waals surface area contributed by atoms with Crippen molar-refractivity contribution in [2.24, 2.45) is 0 Å². The van der Waals surface area contributed by atoms with Gasteiger partial charge < -0.3 is 14.0 Å². The summed E-state index contributed by atoms with van der Waals surface area (Å²) in [5.41, 5.74) is 0.195. The summed E-state index contributed by atoms with van der Waals surface area (Å²) in [6.07, 6.45) is 9.80. The molecule has 4 rings (SSSR count). The molecule has 114 valence electrons. The molecular formula is C16H22N2O3. The lowest BCUT2D eigenvalue weighted by Crippen LogP contribution is -2.37. The first-order valence-electron chi connectivity index (χ1n) is 8.02. The van der Waals surface area contributed by atoms with Crippen molar-refractivity contribution in [3.8, 4) is 0 Å². The van der Waals surface area contributed by atoms with Crippen LogP contribution in [0, 0.1) is 0 Å². The summed E-state index contributed by atoms with van der Waals surface area (Å²) in [6, 6.07) is 0. The van der Waals surface area contributed by atoms with Gasteiger partial charge in [-0.1, -0.05) is 11.2 Å². The Bertz CT molecular complexity index is 523. The lowest BCUT2D eigenvalue weighted by molar-refractivity contribution is -0.0916. The number of rotatable bonds is 4. The van der Waals surface area contributed by atoms with Crippen molar-refractivity contribution < 1.29 is 14.0 Å². The number of hydrogen-bond acceptors (Lipinski definition) is 5. The predicted octanol–water partition coefficient (Wildman–Crippen LogP) is 2.77. The van der Waals surface area contributed by atoms with Crippen LogP contribution in [-0.4, -0.2) is 34.6 Å². The predicted molar refractivity (Wildman–Crippen MR) is 76.0 cm³/mol. The molecule has 21 heavy (non-hydrogen) atoms. The van der Waals surface area contributed by atoms with Gasteiger partial charge in [-0.25, -0.2) is 0 Å². The fourth-order valence-corrected chi connectivity index (χ4v) is 3.79. The molecule has 1 aromatic heterocycles. The van der Waals surface area contributed by atoms with Crippen LogP contribution in [0.15, 0.2) is 17.2 Å². The second-order valence-electron chi connectivity index (χ2n) is 6.53. The maximum Gasteiger partial charge on any atom is 0.229 e. The molecule has 1 saturated carbocycles. The minimum atomic E-state index is 0.0106. The quantitative estimate of drug-likeness (QED) is 0.798. The highest BCUT2D eigenvalue weighted by Crippen LogP contribution is 2.46. The van der Waals surface area contributed by atoms with Gasteiger partial charge in [0.1, 0.15) is 0 Å². The molecule has 3 heterocycles. The van der Waals surface area contributed by atoms with Crippen molar-refractivity contribution in [1.29, 1.82) is 0 Å². The van der Waals surface area contributed by atoms with E-state index in [-0.39, 0.29) is 23.7 Å². The van der Waals surface area contributed by atoms with E-state index in [0.29, 0.717) is 5.89 Å². The average Bonchev–Trinajstić information content (AvgIpc) is 3.16. The van der Waals surface area contributed by atoms with Crippen LogP contribution in [0.25, 0.3) is 0 Å². The first-order chi connectivity index (χ1) is 10.3. The minimum absolute atomic E-state index is 0.0106. The van der Waals surface area contributed by atoms with Gasteiger partial charge in [-0.3, -0.25) is 0 Å². The number of nitrogens with zero attached hydrogens (tertiary/aromatic N) is 2. The van der Waals surface area contributed by atoms with Gasteiger partial charge in [-0.15, -0.1) is 6.58 Å². The summed E-state index contributed by atoms with van der Waals surface area (Å²) in [7, 11) is 0. The Hall–Kier alpha value is -1.20. The van der Waals surface area contributed by atoms with Crippen molar-refractivity contribution in [1.82, 2.24) is 10.1 Å². The molecule has 0 N–H and O–H groups in total. The topological polar surface area (TPSA) is 57.4 Å². The Balaban J connectivity index is 1.40. The molecule has 1 spiro atoms. The van der Waals surface area contributed by atoms with Crippen molar-refractivity contribution >= 4 is 0 Å². The summed E-state index contributed by atoms with van der Waals surface area (Å²) < 4.78 is 17.2. The van der Waals surface area contributed by atoms with E-state index >= 15 is 0 Å².